The monoisotopic (exact) mass is 300 g/mol. The quantitative estimate of drug-likeness (QED) is 0.847. The van der Waals surface area contributed by atoms with Crippen LogP contribution in [0.3, 0.4) is 0 Å². The smallest absolute Gasteiger partial charge is 0.246 e. The van der Waals surface area contributed by atoms with E-state index in [1.165, 1.54) is 0 Å². The van der Waals surface area contributed by atoms with Gasteiger partial charge >= 0.3 is 0 Å². The molecule has 1 atom stereocenters. The summed E-state index contributed by atoms with van der Waals surface area (Å²) in [5, 5.41) is 2.97. The molecule has 2 amide bonds. The van der Waals surface area contributed by atoms with E-state index in [0.717, 1.165) is 5.75 Å². The third kappa shape index (κ3) is 2.97. The first-order valence-corrected chi connectivity index (χ1v) is 8.75. The third-order valence-corrected chi connectivity index (χ3v) is 4.87. The fraction of sp³-hybridized carbons (Fsp3) is 0.867. The van der Waals surface area contributed by atoms with Gasteiger partial charge in [-0.25, -0.2) is 0 Å². The summed E-state index contributed by atoms with van der Waals surface area (Å²) in [7, 11) is 0. The third-order valence-electron chi connectivity index (χ3n) is 4.28. The zero-order valence-electron chi connectivity index (χ0n) is 13.6. The van der Waals surface area contributed by atoms with Crippen molar-refractivity contribution < 1.29 is 9.59 Å². The molecule has 1 heterocycles. The molecule has 1 fully saturated rings. The van der Waals surface area contributed by atoms with Crippen LogP contribution in [0.4, 0.5) is 0 Å². The van der Waals surface area contributed by atoms with Crippen molar-refractivity contribution in [2.24, 2.45) is 5.41 Å². The van der Waals surface area contributed by atoms with Gasteiger partial charge in [-0.15, -0.1) is 0 Å². The molecule has 1 saturated heterocycles. The standard InChI is InChI=1S/C15H28N2O2S/c1-7-15(8-2)13(19)16-11(14(3,4)5)12(18)17(15)9-10-20-6/h11H,7-10H2,1-6H3,(H,16,19). The molecule has 4 nitrogen and oxygen atoms in total. The summed E-state index contributed by atoms with van der Waals surface area (Å²) in [4.78, 5) is 27.3. The first-order valence-electron chi connectivity index (χ1n) is 7.36. The molecule has 116 valence electrons. The number of thioether (sulfide) groups is 1. The summed E-state index contributed by atoms with van der Waals surface area (Å²) >= 11 is 1.70. The number of hydrogen-bond donors (Lipinski definition) is 1. The first-order chi connectivity index (χ1) is 9.24. The van der Waals surface area contributed by atoms with E-state index in [4.69, 9.17) is 0 Å². The van der Waals surface area contributed by atoms with Crippen LogP contribution in [0.25, 0.3) is 0 Å². The van der Waals surface area contributed by atoms with Crippen molar-refractivity contribution in [2.45, 2.75) is 59.0 Å². The summed E-state index contributed by atoms with van der Waals surface area (Å²) in [6.07, 6.45) is 3.34. The highest BCUT2D eigenvalue weighted by Gasteiger charge is 2.52. The molecule has 1 aliphatic rings. The molecule has 1 rings (SSSR count). The highest BCUT2D eigenvalue weighted by molar-refractivity contribution is 7.98. The lowest BCUT2D eigenvalue weighted by Gasteiger charge is -2.50. The Hall–Kier alpha value is -0.710. The normalized spacial score (nSPS) is 22.9. The van der Waals surface area contributed by atoms with Crippen LogP contribution in [0.2, 0.25) is 0 Å². The molecule has 1 N–H and O–H groups in total. The lowest BCUT2D eigenvalue weighted by Crippen LogP contribution is -2.72. The topological polar surface area (TPSA) is 49.4 Å². The lowest BCUT2D eigenvalue weighted by molar-refractivity contribution is -0.161. The number of rotatable bonds is 5. The second-order valence-electron chi connectivity index (χ2n) is 6.49. The predicted octanol–water partition coefficient (Wildman–Crippen LogP) is 2.28. The minimum atomic E-state index is -0.672. The minimum absolute atomic E-state index is 0.00290. The second kappa shape index (κ2) is 6.37. The Morgan fingerprint density at radius 3 is 2.20 bits per heavy atom. The van der Waals surface area contributed by atoms with E-state index >= 15 is 0 Å². The molecule has 1 aliphatic heterocycles. The first kappa shape index (κ1) is 17.3. The van der Waals surface area contributed by atoms with Crippen LogP contribution < -0.4 is 5.32 Å². The number of carbonyl (C=O) groups is 2. The maximum Gasteiger partial charge on any atom is 0.246 e. The van der Waals surface area contributed by atoms with E-state index in [1.54, 1.807) is 11.8 Å². The highest BCUT2D eigenvalue weighted by atomic mass is 32.2. The molecular formula is C15H28N2O2S. The molecule has 0 bridgehead atoms. The van der Waals surface area contributed by atoms with Gasteiger partial charge in [0.25, 0.3) is 0 Å². The van der Waals surface area contributed by atoms with E-state index in [-0.39, 0.29) is 17.2 Å². The van der Waals surface area contributed by atoms with Crippen LogP contribution in [0.1, 0.15) is 47.5 Å². The Morgan fingerprint density at radius 1 is 1.25 bits per heavy atom. The van der Waals surface area contributed by atoms with Crippen molar-refractivity contribution in [1.29, 1.82) is 0 Å². The Labute approximate surface area is 127 Å². The molecule has 0 saturated carbocycles. The van der Waals surface area contributed by atoms with Crippen LogP contribution in [0.15, 0.2) is 0 Å². The summed E-state index contributed by atoms with van der Waals surface area (Å²) in [6.45, 7) is 10.6. The van der Waals surface area contributed by atoms with Gasteiger partial charge in [0.1, 0.15) is 11.6 Å². The molecule has 5 heteroatoms. The van der Waals surface area contributed by atoms with Crippen molar-refractivity contribution >= 4 is 23.6 Å². The van der Waals surface area contributed by atoms with Crippen LogP contribution in [-0.4, -0.2) is 46.8 Å². The molecule has 0 spiro atoms. The largest absolute Gasteiger partial charge is 0.342 e. The number of hydrogen-bond acceptors (Lipinski definition) is 3. The highest BCUT2D eigenvalue weighted by Crippen LogP contribution is 2.33. The van der Waals surface area contributed by atoms with Gasteiger partial charge in [-0.2, -0.15) is 11.8 Å². The van der Waals surface area contributed by atoms with E-state index in [0.29, 0.717) is 19.4 Å². The van der Waals surface area contributed by atoms with Gasteiger partial charge < -0.3 is 10.2 Å². The molecular weight excluding hydrogens is 272 g/mol. The van der Waals surface area contributed by atoms with Crippen molar-refractivity contribution in [2.75, 3.05) is 18.6 Å². The Balaban J connectivity index is 3.17. The Morgan fingerprint density at radius 2 is 1.80 bits per heavy atom. The van der Waals surface area contributed by atoms with Crippen LogP contribution >= 0.6 is 11.8 Å². The van der Waals surface area contributed by atoms with Crippen LogP contribution in [-0.2, 0) is 9.59 Å². The van der Waals surface area contributed by atoms with Gasteiger partial charge in [-0.3, -0.25) is 9.59 Å². The van der Waals surface area contributed by atoms with Crippen LogP contribution in [0.5, 0.6) is 0 Å². The maximum atomic E-state index is 12.9. The van der Waals surface area contributed by atoms with E-state index in [9.17, 15) is 9.59 Å². The Bertz CT molecular complexity index is 373. The zero-order chi connectivity index (χ0) is 15.6. The van der Waals surface area contributed by atoms with Crippen molar-refractivity contribution in [3.8, 4) is 0 Å². The maximum absolute atomic E-state index is 12.9. The summed E-state index contributed by atoms with van der Waals surface area (Å²) < 4.78 is 0. The summed E-state index contributed by atoms with van der Waals surface area (Å²) in [6, 6.07) is -0.428. The molecule has 0 aromatic carbocycles. The lowest BCUT2D eigenvalue weighted by atomic mass is 9.79. The minimum Gasteiger partial charge on any atom is -0.342 e. The second-order valence-corrected chi connectivity index (χ2v) is 7.48. The molecule has 0 aromatic heterocycles. The summed E-state index contributed by atoms with van der Waals surface area (Å²) in [5.74, 6) is 0.926. The van der Waals surface area contributed by atoms with Gasteiger partial charge in [0.05, 0.1) is 0 Å². The zero-order valence-corrected chi connectivity index (χ0v) is 14.4. The van der Waals surface area contributed by atoms with Gasteiger partial charge in [-0.1, -0.05) is 34.6 Å². The number of carbonyl (C=O) groups excluding carboxylic acids is 2. The predicted molar refractivity (Wildman–Crippen MR) is 84.8 cm³/mol. The van der Waals surface area contributed by atoms with E-state index < -0.39 is 11.6 Å². The van der Waals surface area contributed by atoms with E-state index in [1.807, 2.05) is 45.8 Å². The fourth-order valence-corrected chi connectivity index (χ4v) is 3.23. The van der Waals surface area contributed by atoms with Crippen molar-refractivity contribution in [3.05, 3.63) is 0 Å². The number of piperazine rings is 1. The number of nitrogens with one attached hydrogen (secondary N) is 1. The summed E-state index contributed by atoms with van der Waals surface area (Å²) in [5.41, 5.74) is -0.938. The average molecular weight is 300 g/mol. The number of amides is 2. The molecule has 1 unspecified atom stereocenters. The van der Waals surface area contributed by atoms with Gasteiger partial charge in [0.15, 0.2) is 0 Å². The molecule has 20 heavy (non-hydrogen) atoms. The molecule has 0 aliphatic carbocycles. The average Bonchev–Trinajstić information content (AvgIpc) is 2.38. The van der Waals surface area contributed by atoms with Crippen molar-refractivity contribution in [1.82, 2.24) is 10.2 Å². The van der Waals surface area contributed by atoms with Gasteiger partial charge in [-0.05, 0) is 24.5 Å². The molecule has 0 radical (unpaired) electrons. The SMILES string of the molecule is CCC1(CC)C(=O)NC(C(C)(C)C)C(=O)N1CCSC. The fourth-order valence-electron chi connectivity index (χ4n) is 2.86. The molecule has 0 aromatic rings. The van der Waals surface area contributed by atoms with Crippen molar-refractivity contribution in [3.63, 3.8) is 0 Å². The van der Waals surface area contributed by atoms with Crippen LogP contribution in [0, 0.1) is 5.41 Å². The van der Waals surface area contributed by atoms with E-state index in [2.05, 4.69) is 5.32 Å². The Kier molecular flexibility index (Phi) is 5.53. The van der Waals surface area contributed by atoms with Gasteiger partial charge in [0, 0.05) is 12.3 Å². The number of nitrogens with zero attached hydrogens (tertiary/aromatic N) is 1. The van der Waals surface area contributed by atoms with Gasteiger partial charge in [0.2, 0.25) is 11.8 Å².